The molecule has 0 fully saturated rings. The summed E-state index contributed by atoms with van der Waals surface area (Å²) in [6.45, 7) is 7.26. The van der Waals surface area contributed by atoms with Crippen LogP contribution in [-0.2, 0) is 16.0 Å². The molecule has 0 aliphatic carbocycles. The Morgan fingerprint density at radius 2 is 1.84 bits per heavy atom. The number of rotatable bonds is 4. The van der Waals surface area contributed by atoms with Crippen molar-refractivity contribution in [1.82, 2.24) is 0 Å². The molecule has 0 radical (unpaired) electrons. The molecule has 1 aromatic carbocycles. The molecule has 19 heavy (non-hydrogen) atoms. The topological polar surface area (TPSA) is 69.4 Å². The lowest BCUT2D eigenvalue weighted by Crippen LogP contribution is -2.28. The fraction of sp³-hybridized carbons (Fsp3) is 0.500. The maximum absolute atomic E-state index is 11.8. The summed E-state index contributed by atoms with van der Waals surface area (Å²) >= 11 is 0. The van der Waals surface area contributed by atoms with E-state index in [0.717, 1.165) is 5.56 Å². The van der Waals surface area contributed by atoms with Crippen molar-refractivity contribution in [2.75, 3.05) is 0 Å². The minimum Gasteiger partial charge on any atom is -0.460 e. The van der Waals surface area contributed by atoms with Crippen molar-refractivity contribution >= 4 is 11.7 Å². The van der Waals surface area contributed by atoms with Gasteiger partial charge in [0.05, 0.1) is 10.8 Å². The van der Waals surface area contributed by atoms with Gasteiger partial charge in [-0.1, -0.05) is 19.1 Å². The zero-order valence-electron chi connectivity index (χ0n) is 11.7. The Labute approximate surface area is 112 Å². The molecule has 1 atom stereocenters. The van der Waals surface area contributed by atoms with Crippen LogP contribution in [0, 0.1) is 16.0 Å². The van der Waals surface area contributed by atoms with Gasteiger partial charge in [-0.25, -0.2) is 0 Å². The summed E-state index contributed by atoms with van der Waals surface area (Å²) < 4.78 is 5.29. The highest BCUT2D eigenvalue weighted by Crippen LogP contribution is 2.17. The van der Waals surface area contributed by atoms with E-state index in [2.05, 4.69) is 0 Å². The molecule has 1 aromatic rings. The normalized spacial score (nSPS) is 12.8. The van der Waals surface area contributed by atoms with Crippen LogP contribution < -0.4 is 0 Å². The second-order valence-corrected chi connectivity index (χ2v) is 5.56. The van der Waals surface area contributed by atoms with Crippen molar-refractivity contribution in [2.45, 2.75) is 39.7 Å². The molecular weight excluding hydrogens is 246 g/mol. The number of benzene rings is 1. The van der Waals surface area contributed by atoms with E-state index in [1.165, 1.54) is 12.1 Å². The summed E-state index contributed by atoms with van der Waals surface area (Å²) in [5, 5.41) is 10.5. The van der Waals surface area contributed by atoms with E-state index in [0.29, 0.717) is 6.42 Å². The molecule has 1 rings (SSSR count). The number of esters is 1. The minimum atomic E-state index is -0.499. The molecule has 5 heteroatoms. The first-order valence-electron chi connectivity index (χ1n) is 6.15. The van der Waals surface area contributed by atoms with Gasteiger partial charge >= 0.3 is 5.97 Å². The first-order chi connectivity index (χ1) is 8.69. The van der Waals surface area contributed by atoms with E-state index in [-0.39, 0.29) is 17.6 Å². The molecule has 0 aliphatic heterocycles. The van der Waals surface area contributed by atoms with E-state index in [1.807, 2.05) is 20.8 Å². The van der Waals surface area contributed by atoms with Crippen LogP contribution >= 0.6 is 0 Å². The van der Waals surface area contributed by atoms with Gasteiger partial charge in [-0.15, -0.1) is 0 Å². The Bertz CT molecular complexity index is 459. The van der Waals surface area contributed by atoms with Gasteiger partial charge < -0.3 is 4.74 Å². The molecule has 5 nitrogen and oxygen atoms in total. The van der Waals surface area contributed by atoms with E-state index < -0.39 is 10.5 Å². The third-order valence-electron chi connectivity index (χ3n) is 2.50. The molecule has 104 valence electrons. The zero-order valence-corrected chi connectivity index (χ0v) is 11.7. The standard InChI is InChI=1S/C14H19NO4/c1-10(13(16)19-14(2,3)4)9-11-5-7-12(8-6-11)15(17)18/h5-8,10H,9H2,1-4H3/t10-/m0/s1. The average Bonchev–Trinajstić information content (AvgIpc) is 2.27. The summed E-state index contributed by atoms with van der Waals surface area (Å²) in [6, 6.07) is 6.21. The van der Waals surface area contributed by atoms with Crippen molar-refractivity contribution in [3.8, 4) is 0 Å². The number of nitro groups is 1. The van der Waals surface area contributed by atoms with Gasteiger partial charge in [0.25, 0.3) is 5.69 Å². The van der Waals surface area contributed by atoms with Crippen molar-refractivity contribution in [2.24, 2.45) is 5.92 Å². The number of ether oxygens (including phenoxy) is 1. The molecule has 0 spiro atoms. The van der Waals surface area contributed by atoms with Crippen LogP contribution in [0.2, 0.25) is 0 Å². The monoisotopic (exact) mass is 265 g/mol. The second-order valence-electron chi connectivity index (χ2n) is 5.56. The van der Waals surface area contributed by atoms with Crippen LogP contribution in [0.15, 0.2) is 24.3 Å². The van der Waals surface area contributed by atoms with Gasteiger partial charge in [-0.05, 0) is 32.8 Å². The second kappa shape index (κ2) is 5.82. The van der Waals surface area contributed by atoms with Gasteiger partial charge in [0.2, 0.25) is 0 Å². The highest BCUT2D eigenvalue weighted by Gasteiger charge is 2.21. The third-order valence-corrected chi connectivity index (χ3v) is 2.50. The zero-order chi connectivity index (χ0) is 14.6. The van der Waals surface area contributed by atoms with Gasteiger partial charge in [0, 0.05) is 12.1 Å². The molecule has 0 saturated carbocycles. The van der Waals surface area contributed by atoms with E-state index in [4.69, 9.17) is 4.74 Å². The SMILES string of the molecule is C[C@@H](Cc1ccc([N+](=O)[O-])cc1)C(=O)OC(C)(C)C. The van der Waals surface area contributed by atoms with Gasteiger partial charge in [-0.2, -0.15) is 0 Å². The fourth-order valence-corrected chi connectivity index (χ4v) is 1.59. The molecule has 0 aliphatic rings. The lowest BCUT2D eigenvalue weighted by molar-refractivity contribution is -0.384. The van der Waals surface area contributed by atoms with Crippen molar-refractivity contribution in [1.29, 1.82) is 0 Å². The summed E-state index contributed by atoms with van der Waals surface area (Å²) in [6.07, 6.45) is 0.507. The van der Waals surface area contributed by atoms with E-state index in [1.54, 1.807) is 19.1 Å². The predicted octanol–water partition coefficient (Wildman–Crippen LogP) is 3.12. The number of non-ortho nitro benzene ring substituents is 1. The highest BCUT2D eigenvalue weighted by atomic mass is 16.6. The summed E-state index contributed by atoms with van der Waals surface area (Å²) in [5.74, 6) is -0.536. The van der Waals surface area contributed by atoms with E-state index in [9.17, 15) is 14.9 Å². The predicted molar refractivity (Wildman–Crippen MR) is 71.8 cm³/mol. The molecule has 0 unspecified atom stereocenters. The molecule has 0 N–H and O–H groups in total. The Hall–Kier alpha value is -1.91. The van der Waals surface area contributed by atoms with Gasteiger partial charge in [-0.3, -0.25) is 14.9 Å². The quantitative estimate of drug-likeness (QED) is 0.476. The van der Waals surface area contributed by atoms with Crippen LogP contribution in [0.3, 0.4) is 0 Å². The molecule has 0 heterocycles. The largest absolute Gasteiger partial charge is 0.460 e. The van der Waals surface area contributed by atoms with Gasteiger partial charge in [0.15, 0.2) is 0 Å². The lowest BCUT2D eigenvalue weighted by Gasteiger charge is -2.22. The van der Waals surface area contributed by atoms with Crippen LogP contribution in [0.5, 0.6) is 0 Å². The van der Waals surface area contributed by atoms with Crippen LogP contribution in [-0.4, -0.2) is 16.5 Å². The molecular formula is C14H19NO4. The summed E-state index contributed by atoms with van der Waals surface area (Å²) in [7, 11) is 0. The average molecular weight is 265 g/mol. The van der Waals surface area contributed by atoms with Crippen molar-refractivity contribution in [3.05, 3.63) is 39.9 Å². The van der Waals surface area contributed by atoms with E-state index >= 15 is 0 Å². The number of hydrogen-bond donors (Lipinski definition) is 0. The number of nitrogens with zero attached hydrogens (tertiary/aromatic N) is 1. The molecule has 0 aromatic heterocycles. The number of nitro benzene ring substituents is 1. The number of carbonyl (C=O) groups excluding carboxylic acids is 1. The smallest absolute Gasteiger partial charge is 0.309 e. The maximum Gasteiger partial charge on any atom is 0.309 e. The van der Waals surface area contributed by atoms with Gasteiger partial charge in [0.1, 0.15) is 5.60 Å². The Morgan fingerprint density at radius 1 is 1.32 bits per heavy atom. The first kappa shape index (κ1) is 15.1. The van der Waals surface area contributed by atoms with Crippen LogP contribution in [0.4, 0.5) is 5.69 Å². The van der Waals surface area contributed by atoms with Crippen molar-refractivity contribution < 1.29 is 14.5 Å². The number of hydrogen-bond acceptors (Lipinski definition) is 4. The molecule has 0 saturated heterocycles. The Kier molecular flexibility index (Phi) is 4.64. The third kappa shape index (κ3) is 5.07. The number of carbonyl (C=O) groups is 1. The van der Waals surface area contributed by atoms with Crippen molar-refractivity contribution in [3.63, 3.8) is 0 Å². The van der Waals surface area contributed by atoms with Crippen LogP contribution in [0.25, 0.3) is 0 Å². The lowest BCUT2D eigenvalue weighted by atomic mass is 10.0. The first-order valence-corrected chi connectivity index (χ1v) is 6.15. The maximum atomic E-state index is 11.8. The summed E-state index contributed by atoms with van der Waals surface area (Å²) in [4.78, 5) is 21.9. The Balaban J connectivity index is 2.64. The van der Waals surface area contributed by atoms with Crippen LogP contribution in [0.1, 0.15) is 33.3 Å². The highest BCUT2D eigenvalue weighted by molar-refractivity contribution is 5.72. The Morgan fingerprint density at radius 3 is 2.26 bits per heavy atom. The minimum absolute atomic E-state index is 0.0497. The molecule has 0 bridgehead atoms. The summed E-state index contributed by atoms with van der Waals surface area (Å²) in [5.41, 5.74) is 0.429. The molecule has 0 amide bonds. The fourth-order valence-electron chi connectivity index (χ4n) is 1.59.